The molecular weight excluding hydrogens is 314 g/mol. The molecule has 0 unspecified atom stereocenters. The number of anilines is 1. The Kier molecular flexibility index (Phi) is 5.58. The maximum Gasteiger partial charge on any atom is 0.267 e. The van der Waals surface area contributed by atoms with E-state index in [1.165, 1.54) is 11.3 Å². The number of carbonyl (C=O) groups is 1. The lowest BCUT2D eigenvalue weighted by Gasteiger charge is -2.13. The molecule has 114 valence electrons. The zero-order chi connectivity index (χ0) is 16.1. The molecule has 0 aliphatic carbocycles. The van der Waals surface area contributed by atoms with Gasteiger partial charge in [0.05, 0.1) is 22.5 Å². The van der Waals surface area contributed by atoms with E-state index in [-0.39, 0.29) is 11.2 Å². The summed E-state index contributed by atoms with van der Waals surface area (Å²) in [6, 6.07) is 9.82. The average Bonchev–Trinajstić information content (AvgIpc) is 2.80. The summed E-state index contributed by atoms with van der Waals surface area (Å²) in [5.74, 6) is -0.135. The third-order valence-electron chi connectivity index (χ3n) is 2.95. The van der Waals surface area contributed by atoms with Crippen LogP contribution in [-0.2, 0) is 0 Å². The standard InChI is InChI=1S/C16H17N3OS2/c1-10(8-9-17)21-14-7-5-4-6-13(14)19-16(20)15-11(2)18-12(3)22-15/h4-7,10H,8H2,1-3H3,(H,19,20)/t10-/m0/s1. The summed E-state index contributed by atoms with van der Waals surface area (Å²) >= 11 is 2.99. The Morgan fingerprint density at radius 2 is 2.18 bits per heavy atom. The Bertz CT molecular complexity index is 718. The van der Waals surface area contributed by atoms with Gasteiger partial charge in [-0.05, 0) is 26.0 Å². The number of thioether (sulfide) groups is 1. The molecule has 0 aliphatic rings. The van der Waals surface area contributed by atoms with Gasteiger partial charge in [0, 0.05) is 16.6 Å². The predicted octanol–water partition coefficient (Wildman–Crippen LogP) is 4.41. The van der Waals surface area contributed by atoms with Crippen LogP contribution in [0.25, 0.3) is 0 Å². The summed E-state index contributed by atoms with van der Waals surface area (Å²) in [7, 11) is 0. The lowest BCUT2D eigenvalue weighted by atomic mass is 10.3. The number of thiazole rings is 1. The van der Waals surface area contributed by atoms with Gasteiger partial charge in [0.1, 0.15) is 4.88 Å². The van der Waals surface area contributed by atoms with Gasteiger partial charge in [-0.15, -0.1) is 23.1 Å². The molecule has 22 heavy (non-hydrogen) atoms. The zero-order valence-corrected chi connectivity index (χ0v) is 14.3. The fourth-order valence-electron chi connectivity index (χ4n) is 1.98. The van der Waals surface area contributed by atoms with Crippen molar-refractivity contribution in [2.24, 2.45) is 0 Å². The Balaban J connectivity index is 2.18. The fourth-order valence-corrected chi connectivity index (χ4v) is 3.79. The van der Waals surface area contributed by atoms with Crippen LogP contribution in [0.3, 0.4) is 0 Å². The van der Waals surface area contributed by atoms with Crippen molar-refractivity contribution in [3.05, 3.63) is 39.8 Å². The number of carbonyl (C=O) groups excluding carboxylic acids is 1. The molecule has 1 N–H and O–H groups in total. The zero-order valence-electron chi connectivity index (χ0n) is 12.7. The number of hydrogen-bond acceptors (Lipinski definition) is 5. The Morgan fingerprint density at radius 1 is 1.45 bits per heavy atom. The largest absolute Gasteiger partial charge is 0.320 e. The number of aryl methyl sites for hydroxylation is 2. The van der Waals surface area contributed by atoms with Crippen molar-refractivity contribution in [2.75, 3.05) is 5.32 Å². The second kappa shape index (κ2) is 7.43. The van der Waals surface area contributed by atoms with E-state index in [0.29, 0.717) is 11.3 Å². The first-order valence-corrected chi connectivity index (χ1v) is 8.59. The molecule has 1 amide bonds. The van der Waals surface area contributed by atoms with Gasteiger partial charge in [0.25, 0.3) is 5.91 Å². The van der Waals surface area contributed by atoms with Crippen molar-refractivity contribution in [1.82, 2.24) is 4.98 Å². The van der Waals surface area contributed by atoms with Crippen molar-refractivity contribution >= 4 is 34.7 Å². The van der Waals surface area contributed by atoms with Crippen LogP contribution < -0.4 is 5.32 Å². The number of para-hydroxylation sites is 1. The first-order valence-electron chi connectivity index (χ1n) is 6.89. The van der Waals surface area contributed by atoms with E-state index in [0.717, 1.165) is 21.3 Å². The number of nitrogens with zero attached hydrogens (tertiary/aromatic N) is 2. The van der Waals surface area contributed by atoms with Gasteiger partial charge in [-0.1, -0.05) is 19.1 Å². The number of rotatable bonds is 5. The molecule has 0 fully saturated rings. The molecule has 1 heterocycles. The number of hydrogen-bond donors (Lipinski definition) is 1. The minimum atomic E-state index is -0.135. The number of nitriles is 1. The maximum atomic E-state index is 12.4. The van der Waals surface area contributed by atoms with E-state index >= 15 is 0 Å². The van der Waals surface area contributed by atoms with Crippen molar-refractivity contribution in [1.29, 1.82) is 5.26 Å². The topological polar surface area (TPSA) is 65.8 Å². The van der Waals surface area contributed by atoms with Gasteiger partial charge in [-0.2, -0.15) is 5.26 Å². The van der Waals surface area contributed by atoms with Crippen LogP contribution in [-0.4, -0.2) is 16.1 Å². The molecule has 1 aromatic heterocycles. The van der Waals surface area contributed by atoms with E-state index in [1.54, 1.807) is 11.8 Å². The normalized spacial score (nSPS) is 11.7. The molecule has 0 spiro atoms. The highest BCUT2D eigenvalue weighted by Gasteiger charge is 2.16. The van der Waals surface area contributed by atoms with Gasteiger partial charge < -0.3 is 5.32 Å². The molecule has 0 bridgehead atoms. The Hall–Kier alpha value is -1.84. The van der Waals surface area contributed by atoms with E-state index < -0.39 is 0 Å². The van der Waals surface area contributed by atoms with Crippen LogP contribution in [0.5, 0.6) is 0 Å². The number of nitrogens with one attached hydrogen (secondary N) is 1. The first-order chi connectivity index (χ1) is 10.5. The summed E-state index contributed by atoms with van der Waals surface area (Å²) in [4.78, 5) is 18.3. The third-order valence-corrected chi connectivity index (χ3v) is 5.20. The lowest BCUT2D eigenvalue weighted by molar-refractivity contribution is 0.102. The quantitative estimate of drug-likeness (QED) is 0.824. The predicted molar refractivity (Wildman–Crippen MR) is 91.5 cm³/mol. The van der Waals surface area contributed by atoms with Crippen LogP contribution in [0.4, 0.5) is 5.69 Å². The highest BCUT2D eigenvalue weighted by molar-refractivity contribution is 8.00. The molecule has 4 nitrogen and oxygen atoms in total. The smallest absolute Gasteiger partial charge is 0.267 e. The molecule has 0 radical (unpaired) electrons. The maximum absolute atomic E-state index is 12.4. The van der Waals surface area contributed by atoms with Crippen LogP contribution in [0.1, 0.15) is 33.7 Å². The highest BCUT2D eigenvalue weighted by atomic mass is 32.2. The van der Waals surface area contributed by atoms with Crippen molar-refractivity contribution in [3.63, 3.8) is 0 Å². The molecule has 1 aromatic carbocycles. The van der Waals surface area contributed by atoms with Gasteiger partial charge in [-0.3, -0.25) is 4.79 Å². The number of amides is 1. The van der Waals surface area contributed by atoms with E-state index in [9.17, 15) is 4.79 Å². The minimum absolute atomic E-state index is 0.135. The minimum Gasteiger partial charge on any atom is -0.320 e. The van der Waals surface area contributed by atoms with E-state index in [4.69, 9.17) is 5.26 Å². The summed E-state index contributed by atoms with van der Waals surface area (Å²) in [6.07, 6.45) is 0.472. The number of aromatic nitrogens is 1. The average molecular weight is 331 g/mol. The van der Waals surface area contributed by atoms with Gasteiger partial charge in [0.15, 0.2) is 0 Å². The Labute approximate surface area is 138 Å². The molecule has 2 rings (SSSR count). The fraction of sp³-hybridized carbons (Fsp3) is 0.312. The van der Waals surface area contributed by atoms with Gasteiger partial charge in [-0.25, -0.2) is 4.98 Å². The van der Waals surface area contributed by atoms with Gasteiger partial charge in [0.2, 0.25) is 0 Å². The second-order valence-corrected chi connectivity index (χ2v) is 7.57. The molecule has 0 saturated heterocycles. The first kappa shape index (κ1) is 16.5. The molecule has 2 aromatic rings. The summed E-state index contributed by atoms with van der Waals surface area (Å²) in [6.45, 7) is 5.74. The second-order valence-electron chi connectivity index (χ2n) is 4.89. The molecule has 0 saturated carbocycles. The number of benzene rings is 1. The summed E-state index contributed by atoms with van der Waals surface area (Å²) in [5.41, 5.74) is 1.52. The molecule has 1 atom stereocenters. The molecule has 6 heteroatoms. The van der Waals surface area contributed by atoms with E-state index in [2.05, 4.69) is 16.4 Å². The van der Waals surface area contributed by atoms with E-state index in [1.807, 2.05) is 45.0 Å². The monoisotopic (exact) mass is 331 g/mol. The van der Waals surface area contributed by atoms with Crippen LogP contribution >= 0.6 is 23.1 Å². The van der Waals surface area contributed by atoms with Gasteiger partial charge >= 0.3 is 0 Å². The summed E-state index contributed by atoms with van der Waals surface area (Å²) in [5, 5.41) is 12.8. The SMILES string of the molecule is Cc1nc(C)c(C(=O)Nc2ccccc2S[C@@H](C)CC#N)s1. The molecular formula is C16H17N3OS2. The highest BCUT2D eigenvalue weighted by Crippen LogP contribution is 2.32. The third kappa shape index (κ3) is 4.09. The summed E-state index contributed by atoms with van der Waals surface area (Å²) < 4.78 is 0. The molecule has 0 aliphatic heterocycles. The van der Waals surface area contributed by atoms with Crippen molar-refractivity contribution in [2.45, 2.75) is 37.3 Å². The van der Waals surface area contributed by atoms with Crippen molar-refractivity contribution in [3.8, 4) is 6.07 Å². The van der Waals surface area contributed by atoms with Crippen LogP contribution in [0.15, 0.2) is 29.2 Å². The van der Waals surface area contributed by atoms with Crippen LogP contribution in [0, 0.1) is 25.2 Å². The van der Waals surface area contributed by atoms with Crippen LogP contribution in [0.2, 0.25) is 0 Å². The lowest BCUT2D eigenvalue weighted by Crippen LogP contribution is -2.12. The van der Waals surface area contributed by atoms with Crippen molar-refractivity contribution < 1.29 is 4.79 Å². The Morgan fingerprint density at radius 3 is 2.82 bits per heavy atom.